The lowest BCUT2D eigenvalue weighted by atomic mass is 10.1. The fourth-order valence-corrected chi connectivity index (χ4v) is 2.55. The Labute approximate surface area is 117 Å². The first-order valence-electron chi connectivity index (χ1n) is 6.45. The molecule has 1 aromatic heterocycles. The lowest BCUT2D eigenvalue weighted by Crippen LogP contribution is -1.99. The average Bonchev–Trinajstić information content (AvgIpc) is 2.85. The largest absolute Gasteiger partial charge is 0.295 e. The summed E-state index contributed by atoms with van der Waals surface area (Å²) in [5.41, 5.74) is 4.53. The fourth-order valence-electron chi connectivity index (χ4n) is 2.37. The highest BCUT2D eigenvalue weighted by atomic mass is 35.5. The quantitative estimate of drug-likeness (QED) is 0.648. The zero-order valence-electron chi connectivity index (χ0n) is 10.8. The first-order chi connectivity index (χ1) is 9.33. The molecule has 0 aliphatic carbocycles. The van der Waals surface area contributed by atoms with E-state index in [1.165, 1.54) is 5.56 Å². The SMILES string of the molecule is CCc1cccc(-n2c(CCl)nc3ccccc32)c1. The van der Waals surface area contributed by atoms with Crippen LogP contribution in [0.1, 0.15) is 18.3 Å². The van der Waals surface area contributed by atoms with Crippen molar-refractivity contribution in [2.75, 3.05) is 0 Å². The molecule has 3 aromatic rings. The van der Waals surface area contributed by atoms with Crippen molar-refractivity contribution in [3.8, 4) is 5.69 Å². The van der Waals surface area contributed by atoms with E-state index >= 15 is 0 Å². The van der Waals surface area contributed by atoms with Gasteiger partial charge in [-0.1, -0.05) is 31.2 Å². The van der Waals surface area contributed by atoms with Gasteiger partial charge in [-0.05, 0) is 36.2 Å². The van der Waals surface area contributed by atoms with Crippen LogP contribution >= 0.6 is 11.6 Å². The maximum atomic E-state index is 6.04. The Morgan fingerprint density at radius 1 is 1.11 bits per heavy atom. The van der Waals surface area contributed by atoms with Crippen LogP contribution in [0.25, 0.3) is 16.7 Å². The van der Waals surface area contributed by atoms with Crippen molar-refractivity contribution in [3.63, 3.8) is 0 Å². The monoisotopic (exact) mass is 270 g/mol. The van der Waals surface area contributed by atoms with Crippen LogP contribution in [0.2, 0.25) is 0 Å². The molecule has 0 bridgehead atoms. The minimum Gasteiger partial charge on any atom is -0.295 e. The van der Waals surface area contributed by atoms with E-state index in [-0.39, 0.29) is 0 Å². The van der Waals surface area contributed by atoms with Crippen LogP contribution < -0.4 is 0 Å². The number of hydrogen-bond donors (Lipinski definition) is 0. The van der Waals surface area contributed by atoms with Crippen molar-refractivity contribution in [2.24, 2.45) is 0 Å². The van der Waals surface area contributed by atoms with Gasteiger partial charge in [-0.3, -0.25) is 4.57 Å². The highest BCUT2D eigenvalue weighted by Gasteiger charge is 2.11. The maximum Gasteiger partial charge on any atom is 0.129 e. The van der Waals surface area contributed by atoms with Crippen LogP contribution in [0.15, 0.2) is 48.5 Å². The van der Waals surface area contributed by atoms with E-state index in [1.54, 1.807) is 0 Å². The normalized spacial score (nSPS) is 11.1. The molecule has 3 rings (SSSR count). The molecule has 2 nitrogen and oxygen atoms in total. The molecule has 0 spiro atoms. The van der Waals surface area contributed by atoms with Gasteiger partial charge >= 0.3 is 0 Å². The van der Waals surface area contributed by atoms with E-state index in [0.29, 0.717) is 5.88 Å². The Morgan fingerprint density at radius 3 is 2.74 bits per heavy atom. The molecule has 0 unspecified atom stereocenters. The molecule has 0 saturated carbocycles. The van der Waals surface area contributed by atoms with Gasteiger partial charge in [-0.2, -0.15) is 0 Å². The predicted molar refractivity (Wildman–Crippen MR) is 80.0 cm³/mol. The fraction of sp³-hybridized carbons (Fsp3) is 0.188. The zero-order chi connectivity index (χ0) is 13.2. The van der Waals surface area contributed by atoms with E-state index in [4.69, 9.17) is 11.6 Å². The molecule has 0 aliphatic heterocycles. The second-order valence-corrected chi connectivity index (χ2v) is 4.78. The number of rotatable bonds is 3. The van der Waals surface area contributed by atoms with Crippen LogP contribution in [-0.4, -0.2) is 9.55 Å². The molecule has 19 heavy (non-hydrogen) atoms. The van der Waals surface area contributed by atoms with Gasteiger partial charge in [0.25, 0.3) is 0 Å². The lowest BCUT2D eigenvalue weighted by molar-refractivity contribution is 0.975. The van der Waals surface area contributed by atoms with Crippen molar-refractivity contribution in [2.45, 2.75) is 19.2 Å². The van der Waals surface area contributed by atoms with Gasteiger partial charge in [0, 0.05) is 5.69 Å². The summed E-state index contributed by atoms with van der Waals surface area (Å²) in [6, 6.07) is 16.7. The number of halogens is 1. The summed E-state index contributed by atoms with van der Waals surface area (Å²) in [5, 5.41) is 0. The van der Waals surface area contributed by atoms with E-state index < -0.39 is 0 Å². The summed E-state index contributed by atoms with van der Waals surface area (Å²) in [7, 11) is 0. The molecule has 0 aliphatic rings. The topological polar surface area (TPSA) is 17.8 Å². The highest BCUT2D eigenvalue weighted by molar-refractivity contribution is 6.17. The number of benzene rings is 2. The van der Waals surface area contributed by atoms with Crippen LogP contribution in [0.4, 0.5) is 0 Å². The number of hydrogen-bond acceptors (Lipinski definition) is 1. The third kappa shape index (κ3) is 2.13. The Bertz CT molecular complexity index is 716. The van der Waals surface area contributed by atoms with Crippen LogP contribution in [-0.2, 0) is 12.3 Å². The molecule has 0 saturated heterocycles. The van der Waals surface area contributed by atoms with E-state index in [9.17, 15) is 0 Å². The number of para-hydroxylation sites is 2. The Morgan fingerprint density at radius 2 is 1.95 bits per heavy atom. The number of imidazole rings is 1. The van der Waals surface area contributed by atoms with Gasteiger partial charge in [-0.15, -0.1) is 11.6 Å². The van der Waals surface area contributed by atoms with Crippen molar-refractivity contribution in [1.82, 2.24) is 9.55 Å². The third-order valence-corrected chi connectivity index (χ3v) is 3.57. The van der Waals surface area contributed by atoms with Gasteiger partial charge in [-0.25, -0.2) is 4.98 Å². The molecule has 96 valence electrons. The number of aryl methyl sites for hydroxylation is 1. The van der Waals surface area contributed by atoms with Crippen molar-refractivity contribution in [1.29, 1.82) is 0 Å². The number of nitrogens with zero attached hydrogens (tertiary/aromatic N) is 2. The second-order valence-electron chi connectivity index (χ2n) is 4.51. The summed E-state index contributed by atoms with van der Waals surface area (Å²) in [6.07, 6.45) is 1.02. The molecule has 0 radical (unpaired) electrons. The van der Waals surface area contributed by atoms with Crippen molar-refractivity contribution in [3.05, 3.63) is 59.9 Å². The summed E-state index contributed by atoms with van der Waals surface area (Å²) in [5.74, 6) is 1.29. The van der Waals surface area contributed by atoms with Crippen LogP contribution in [0.5, 0.6) is 0 Å². The number of alkyl halides is 1. The van der Waals surface area contributed by atoms with E-state index in [0.717, 1.165) is 29.0 Å². The van der Waals surface area contributed by atoms with Crippen LogP contribution in [0, 0.1) is 0 Å². The first kappa shape index (κ1) is 12.2. The Kier molecular flexibility index (Phi) is 3.26. The Balaban J connectivity index is 2.27. The molecule has 2 aromatic carbocycles. The van der Waals surface area contributed by atoms with E-state index in [2.05, 4.69) is 46.8 Å². The van der Waals surface area contributed by atoms with Crippen LogP contribution in [0.3, 0.4) is 0 Å². The molecular weight excluding hydrogens is 256 g/mol. The van der Waals surface area contributed by atoms with E-state index in [1.807, 2.05) is 18.2 Å². The summed E-state index contributed by atoms with van der Waals surface area (Å²) >= 11 is 6.04. The standard InChI is InChI=1S/C16H15ClN2/c1-2-12-6-5-7-13(10-12)19-15-9-4-3-8-14(15)18-16(19)11-17/h3-10H,2,11H2,1H3. The zero-order valence-corrected chi connectivity index (χ0v) is 11.6. The average molecular weight is 271 g/mol. The number of aromatic nitrogens is 2. The van der Waals surface area contributed by atoms with Gasteiger partial charge in [0.2, 0.25) is 0 Å². The summed E-state index contributed by atoms with van der Waals surface area (Å²) in [6.45, 7) is 2.16. The summed E-state index contributed by atoms with van der Waals surface area (Å²) < 4.78 is 2.14. The van der Waals surface area contributed by atoms with Crippen molar-refractivity contribution >= 4 is 22.6 Å². The molecule has 0 atom stereocenters. The van der Waals surface area contributed by atoms with Crippen molar-refractivity contribution < 1.29 is 0 Å². The van der Waals surface area contributed by atoms with Gasteiger partial charge in [0.15, 0.2) is 0 Å². The molecular formula is C16H15ClN2. The lowest BCUT2D eigenvalue weighted by Gasteiger charge is -2.09. The molecule has 0 amide bonds. The molecule has 1 heterocycles. The minimum atomic E-state index is 0.408. The predicted octanol–water partition coefficient (Wildman–Crippen LogP) is 4.33. The second kappa shape index (κ2) is 5.06. The molecule has 0 fully saturated rings. The number of fused-ring (bicyclic) bond motifs is 1. The summed E-state index contributed by atoms with van der Waals surface area (Å²) in [4.78, 5) is 4.59. The highest BCUT2D eigenvalue weighted by Crippen LogP contribution is 2.23. The molecule has 0 N–H and O–H groups in total. The third-order valence-electron chi connectivity index (χ3n) is 3.33. The van der Waals surface area contributed by atoms with Gasteiger partial charge in [0.1, 0.15) is 5.82 Å². The first-order valence-corrected chi connectivity index (χ1v) is 6.98. The minimum absolute atomic E-state index is 0.408. The van der Waals surface area contributed by atoms with Gasteiger partial charge < -0.3 is 0 Å². The van der Waals surface area contributed by atoms with Gasteiger partial charge in [0.05, 0.1) is 16.9 Å². The Hall–Kier alpha value is -1.80. The molecule has 3 heteroatoms. The maximum absolute atomic E-state index is 6.04. The smallest absolute Gasteiger partial charge is 0.129 e.